The van der Waals surface area contributed by atoms with E-state index in [1.54, 1.807) is 12.2 Å². The minimum absolute atomic E-state index is 0.242. The first-order chi connectivity index (χ1) is 8.27. The summed E-state index contributed by atoms with van der Waals surface area (Å²) >= 11 is 0. The van der Waals surface area contributed by atoms with E-state index in [1.165, 1.54) is 0 Å². The van der Waals surface area contributed by atoms with Gasteiger partial charge in [-0.1, -0.05) is 55.1 Å². The van der Waals surface area contributed by atoms with Crippen LogP contribution in [0.4, 0.5) is 0 Å². The van der Waals surface area contributed by atoms with E-state index in [2.05, 4.69) is 6.58 Å². The predicted molar refractivity (Wildman–Crippen MR) is 73.4 cm³/mol. The number of nitrogens with two attached hydrogens (primary N) is 1. The maximum atomic E-state index is 6.01. The molecule has 90 valence electrons. The van der Waals surface area contributed by atoms with Gasteiger partial charge in [-0.05, 0) is 18.6 Å². The molecule has 0 fully saturated rings. The summed E-state index contributed by atoms with van der Waals surface area (Å²) in [5, 5.41) is 0. The molecule has 0 spiro atoms. The van der Waals surface area contributed by atoms with E-state index in [4.69, 9.17) is 10.5 Å². The average Bonchev–Trinajstić information content (AvgIpc) is 2.37. The molecule has 2 heteroatoms. The van der Waals surface area contributed by atoms with Gasteiger partial charge in [-0.15, -0.1) is 0 Å². The van der Waals surface area contributed by atoms with Crippen LogP contribution in [0.25, 0.3) is 6.08 Å². The summed E-state index contributed by atoms with van der Waals surface area (Å²) in [6, 6.07) is 9.79. The van der Waals surface area contributed by atoms with Crippen LogP contribution in [0.5, 0.6) is 0 Å². The largest absolute Gasteiger partial charge is 0.496 e. The third-order valence-electron chi connectivity index (χ3n) is 2.22. The summed E-state index contributed by atoms with van der Waals surface area (Å²) < 4.78 is 5.45. The first kappa shape index (κ1) is 13.3. The lowest BCUT2D eigenvalue weighted by atomic mass is 10.1. The molecule has 2 nitrogen and oxygen atoms in total. The second kappa shape index (κ2) is 7.47. The lowest BCUT2D eigenvalue weighted by molar-refractivity contribution is 0.216. The van der Waals surface area contributed by atoms with Crippen molar-refractivity contribution in [3.63, 3.8) is 0 Å². The molecule has 1 aromatic rings. The number of hydrogen-bond donors (Lipinski definition) is 1. The second-order valence-electron chi connectivity index (χ2n) is 3.53. The summed E-state index contributed by atoms with van der Waals surface area (Å²) in [6.07, 6.45) is 7.38. The maximum Gasteiger partial charge on any atom is 0.117 e. The van der Waals surface area contributed by atoms with Gasteiger partial charge in [0.1, 0.15) is 5.76 Å². The van der Waals surface area contributed by atoms with Gasteiger partial charge in [0.2, 0.25) is 0 Å². The molecule has 0 heterocycles. The number of ether oxygens (including phenoxy) is 1. The van der Waals surface area contributed by atoms with Crippen molar-refractivity contribution in [2.45, 2.75) is 13.0 Å². The van der Waals surface area contributed by atoms with Gasteiger partial charge in [0, 0.05) is 0 Å². The maximum absolute atomic E-state index is 6.01. The number of allylic oxidation sites excluding steroid dienone is 2. The molecule has 1 rings (SSSR count). The van der Waals surface area contributed by atoms with Gasteiger partial charge in [-0.3, -0.25) is 0 Å². The third kappa shape index (κ3) is 4.70. The van der Waals surface area contributed by atoms with Crippen LogP contribution in [-0.2, 0) is 4.74 Å². The van der Waals surface area contributed by atoms with Gasteiger partial charge in [0.05, 0.1) is 12.6 Å². The number of benzene rings is 1. The van der Waals surface area contributed by atoms with Gasteiger partial charge in [-0.25, -0.2) is 0 Å². The molecular formula is C15H19NO. The van der Waals surface area contributed by atoms with Crippen molar-refractivity contribution in [2.75, 3.05) is 6.61 Å². The zero-order chi connectivity index (χ0) is 12.5. The first-order valence-electron chi connectivity index (χ1n) is 5.72. The van der Waals surface area contributed by atoms with Crippen molar-refractivity contribution >= 4 is 6.08 Å². The molecule has 0 saturated heterocycles. The average molecular weight is 229 g/mol. The van der Waals surface area contributed by atoms with Crippen LogP contribution in [0.15, 0.2) is 60.9 Å². The highest BCUT2D eigenvalue weighted by atomic mass is 16.5. The quantitative estimate of drug-likeness (QED) is 0.601. The summed E-state index contributed by atoms with van der Waals surface area (Å²) in [7, 11) is 0. The Balaban J connectivity index is 2.70. The van der Waals surface area contributed by atoms with Crippen molar-refractivity contribution in [3.05, 3.63) is 66.5 Å². The SMILES string of the molecule is C=C/C=C(/OCC)[C@@H](N)/C=C/c1ccccc1. The van der Waals surface area contributed by atoms with Crippen molar-refractivity contribution < 1.29 is 4.74 Å². The normalized spacial score (nSPS) is 13.6. The Bertz CT molecular complexity index is 393. The summed E-state index contributed by atoms with van der Waals surface area (Å²) in [4.78, 5) is 0. The summed E-state index contributed by atoms with van der Waals surface area (Å²) in [5.41, 5.74) is 7.13. The Kier molecular flexibility index (Phi) is 5.83. The molecular weight excluding hydrogens is 210 g/mol. The molecule has 1 aromatic carbocycles. The number of hydrogen-bond acceptors (Lipinski definition) is 2. The molecule has 0 aliphatic carbocycles. The summed E-state index contributed by atoms with van der Waals surface area (Å²) in [5.74, 6) is 0.731. The standard InChI is InChI=1S/C15H19NO/c1-3-8-15(17-4-2)14(16)12-11-13-9-6-5-7-10-13/h3,5-12,14H,1,4,16H2,2H3/b12-11+,15-8+/t14-/m0/s1. The van der Waals surface area contributed by atoms with E-state index < -0.39 is 0 Å². The molecule has 0 aromatic heterocycles. The van der Waals surface area contributed by atoms with Gasteiger partial charge in [0.25, 0.3) is 0 Å². The van der Waals surface area contributed by atoms with Crippen LogP contribution in [-0.4, -0.2) is 12.6 Å². The molecule has 0 aliphatic rings. The Morgan fingerprint density at radius 1 is 1.41 bits per heavy atom. The van der Waals surface area contributed by atoms with Crippen LogP contribution in [0.1, 0.15) is 12.5 Å². The Morgan fingerprint density at radius 2 is 2.12 bits per heavy atom. The van der Waals surface area contributed by atoms with Gasteiger partial charge in [0.15, 0.2) is 0 Å². The Labute approximate surface area is 103 Å². The molecule has 1 atom stereocenters. The highest BCUT2D eigenvalue weighted by Crippen LogP contribution is 2.07. The van der Waals surface area contributed by atoms with Gasteiger partial charge < -0.3 is 10.5 Å². The van der Waals surface area contributed by atoms with Crippen molar-refractivity contribution in [3.8, 4) is 0 Å². The fraction of sp³-hybridized carbons (Fsp3) is 0.200. The van der Waals surface area contributed by atoms with E-state index in [0.717, 1.165) is 11.3 Å². The van der Waals surface area contributed by atoms with Crippen LogP contribution in [0.2, 0.25) is 0 Å². The smallest absolute Gasteiger partial charge is 0.117 e. The molecule has 0 radical (unpaired) electrons. The van der Waals surface area contributed by atoms with E-state index in [-0.39, 0.29) is 6.04 Å². The third-order valence-corrected chi connectivity index (χ3v) is 2.22. The van der Waals surface area contributed by atoms with Gasteiger partial charge in [-0.2, -0.15) is 0 Å². The highest BCUT2D eigenvalue weighted by molar-refractivity contribution is 5.50. The second-order valence-corrected chi connectivity index (χ2v) is 3.53. The number of rotatable bonds is 6. The zero-order valence-corrected chi connectivity index (χ0v) is 10.2. The lowest BCUT2D eigenvalue weighted by Gasteiger charge is -2.12. The van der Waals surface area contributed by atoms with Crippen molar-refractivity contribution in [1.29, 1.82) is 0 Å². The van der Waals surface area contributed by atoms with Gasteiger partial charge >= 0.3 is 0 Å². The molecule has 0 unspecified atom stereocenters. The predicted octanol–water partition coefficient (Wildman–Crippen LogP) is 3.13. The molecule has 17 heavy (non-hydrogen) atoms. The van der Waals surface area contributed by atoms with Crippen molar-refractivity contribution in [1.82, 2.24) is 0 Å². The van der Waals surface area contributed by atoms with E-state index >= 15 is 0 Å². The highest BCUT2D eigenvalue weighted by Gasteiger charge is 2.05. The molecule has 0 bridgehead atoms. The van der Waals surface area contributed by atoms with Crippen LogP contribution in [0, 0.1) is 0 Å². The van der Waals surface area contributed by atoms with Crippen molar-refractivity contribution in [2.24, 2.45) is 5.73 Å². The molecule has 0 amide bonds. The van der Waals surface area contributed by atoms with E-state index in [0.29, 0.717) is 6.61 Å². The van der Waals surface area contributed by atoms with Crippen LogP contribution < -0.4 is 5.73 Å². The summed E-state index contributed by atoms with van der Waals surface area (Å²) in [6.45, 7) is 6.19. The Hall–Kier alpha value is -1.80. The topological polar surface area (TPSA) is 35.2 Å². The molecule has 0 aliphatic heterocycles. The zero-order valence-electron chi connectivity index (χ0n) is 10.2. The fourth-order valence-electron chi connectivity index (χ4n) is 1.41. The van der Waals surface area contributed by atoms with E-state index in [1.807, 2.05) is 49.4 Å². The lowest BCUT2D eigenvalue weighted by Crippen LogP contribution is -2.21. The minimum atomic E-state index is -0.242. The molecule has 0 saturated carbocycles. The first-order valence-corrected chi connectivity index (χ1v) is 5.72. The van der Waals surface area contributed by atoms with Crippen LogP contribution >= 0.6 is 0 Å². The minimum Gasteiger partial charge on any atom is -0.496 e. The van der Waals surface area contributed by atoms with E-state index in [9.17, 15) is 0 Å². The van der Waals surface area contributed by atoms with Crippen LogP contribution in [0.3, 0.4) is 0 Å². The monoisotopic (exact) mass is 229 g/mol. The Morgan fingerprint density at radius 3 is 2.71 bits per heavy atom. The molecule has 2 N–H and O–H groups in total. The fourth-order valence-corrected chi connectivity index (χ4v) is 1.41.